The Labute approximate surface area is 294 Å². The first-order valence-corrected chi connectivity index (χ1v) is 17.1. The third-order valence-electron chi connectivity index (χ3n) is 9.72. The number of hydrogen-bond donors (Lipinski definition) is 0. The van der Waals surface area contributed by atoms with E-state index in [1.165, 1.54) is 10.8 Å². The van der Waals surface area contributed by atoms with Crippen molar-refractivity contribution in [1.82, 2.24) is 19.5 Å². The summed E-state index contributed by atoms with van der Waals surface area (Å²) in [7, 11) is 0. The summed E-state index contributed by atoms with van der Waals surface area (Å²) in [6, 6.07) is 56.9. The number of aryl methyl sites for hydroxylation is 1. The molecule has 3 aromatic heterocycles. The molecular weight excluding hydrogens is 625 g/mol. The summed E-state index contributed by atoms with van der Waals surface area (Å²) in [6.45, 7) is 2.08. The van der Waals surface area contributed by atoms with Gasteiger partial charge in [-0.05, 0) is 67.1 Å². The minimum absolute atomic E-state index is 0.638. The normalized spacial score (nSPS) is 11.6. The van der Waals surface area contributed by atoms with E-state index in [1.54, 1.807) is 0 Å². The molecule has 0 atom stereocenters. The molecule has 7 aromatic carbocycles. The molecule has 10 aromatic rings. The number of fused-ring (bicyclic) bond motifs is 6. The Hall–Kier alpha value is -6.85. The molecule has 0 N–H and O–H groups in total. The zero-order valence-corrected chi connectivity index (χ0v) is 27.8. The number of furan rings is 1. The largest absolute Gasteiger partial charge is 0.455 e. The molecule has 0 radical (unpaired) electrons. The minimum atomic E-state index is 0.638. The Bertz CT molecular complexity index is 2920. The van der Waals surface area contributed by atoms with Crippen LogP contribution >= 0.6 is 0 Å². The van der Waals surface area contributed by atoms with Gasteiger partial charge in [-0.15, -0.1) is 0 Å². The molecule has 0 bridgehead atoms. The molecule has 240 valence electrons. The van der Waals surface area contributed by atoms with E-state index in [1.807, 2.05) is 48.5 Å². The smallest absolute Gasteiger partial charge is 0.164 e. The molecule has 0 fully saturated rings. The van der Waals surface area contributed by atoms with Gasteiger partial charge in [0.1, 0.15) is 11.2 Å². The summed E-state index contributed by atoms with van der Waals surface area (Å²) >= 11 is 0. The van der Waals surface area contributed by atoms with E-state index in [4.69, 9.17) is 19.4 Å². The molecule has 0 aliphatic rings. The van der Waals surface area contributed by atoms with E-state index in [0.717, 1.165) is 72.0 Å². The molecular formula is C46H30N4O. The molecule has 5 nitrogen and oxygen atoms in total. The summed E-state index contributed by atoms with van der Waals surface area (Å²) < 4.78 is 8.74. The molecule has 10 rings (SSSR count). The number of para-hydroxylation sites is 3. The van der Waals surface area contributed by atoms with Crippen LogP contribution in [0.4, 0.5) is 0 Å². The first kappa shape index (κ1) is 29.1. The van der Waals surface area contributed by atoms with Gasteiger partial charge >= 0.3 is 0 Å². The highest BCUT2D eigenvalue weighted by molar-refractivity contribution is 6.13. The second-order valence-corrected chi connectivity index (χ2v) is 13.0. The van der Waals surface area contributed by atoms with Crippen molar-refractivity contribution < 1.29 is 4.42 Å². The number of benzene rings is 7. The monoisotopic (exact) mass is 654 g/mol. The van der Waals surface area contributed by atoms with Gasteiger partial charge in [-0.1, -0.05) is 115 Å². The van der Waals surface area contributed by atoms with Crippen LogP contribution in [0.3, 0.4) is 0 Å². The highest BCUT2D eigenvalue weighted by atomic mass is 16.3. The Kier molecular flexibility index (Phi) is 6.64. The molecule has 0 saturated carbocycles. The van der Waals surface area contributed by atoms with Crippen molar-refractivity contribution in [2.45, 2.75) is 6.92 Å². The fourth-order valence-corrected chi connectivity index (χ4v) is 7.29. The van der Waals surface area contributed by atoms with Crippen molar-refractivity contribution in [2.75, 3.05) is 0 Å². The second kappa shape index (κ2) is 11.6. The van der Waals surface area contributed by atoms with Crippen LogP contribution in [0.25, 0.3) is 94.7 Å². The van der Waals surface area contributed by atoms with Gasteiger partial charge in [0, 0.05) is 49.5 Å². The summed E-state index contributed by atoms with van der Waals surface area (Å²) in [5.74, 6) is 1.94. The second-order valence-electron chi connectivity index (χ2n) is 13.0. The first-order valence-electron chi connectivity index (χ1n) is 17.1. The molecule has 0 aliphatic carbocycles. The van der Waals surface area contributed by atoms with Crippen molar-refractivity contribution >= 4 is 43.7 Å². The van der Waals surface area contributed by atoms with Crippen molar-refractivity contribution in [3.8, 4) is 51.0 Å². The zero-order chi connectivity index (χ0) is 33.9. The fraction of sp³-hybridized carbons (Fsp3) is 0.0217. The lowest BCUT2D eigenvalue weighted by Gasteiger charge is -2.11. The lowest BCUT2D eigenvalue weighted by molar-refractivity contribution is 0.670. The van der Waals surface area contributed by atoms with Crippen LogP contribution in [0.15, 0.2) is 168 Å². The standard InChI is InChI=1S/C46H30N4O/c1-29-11-9-14-33(27-29)46-48-44(30-12-3-2-4-13-30)47-45(49-46)31-21-24-34(25-22-31)50-40-19-7-5-15-36(40)39-28-32(23-26-41(39)50)35-17-10-18-38-37-16-6-8-20-42(37)51-43(35)38/h2-28H,1H3. The zero-order valence-electron chi connectivity index (χ0n) is 27.8. The van der Waals surface area contributed by atoms with Crippen molar-refractivity contribution in [2.24, 2.45) is 0 Å². The van der Waals surface area contributed by atoms with E-state index in [-0.39, 0.29) is 0 Å². The minimum Gasteiger partial charge on any atom is -0.455 e. The molecule has 3 heterocycles. The third-order valence-corrected chi connectivity index (χ3v) is 9.72. The lowest BCUT2D eigenvalue weighted by Crippen LogP contribution is -2.00. The Morgan fingerprint density at radius 2 is 1.04 bits per heavy atom. The van der Waals surface area contributed by atoms with Gasteiger partial charge in [-0.25, -0.2) is 15.0 Å². The van der Waals surface area contributed by atoms with E-state index in [0.29, 0.717) is 17.5 Å². The molecule has 5 heteroatoms. The molecule has 0 aliphatic heterocycles. The number of nitrogens with zero attached hydrogens (tertiary/aromatic N) is 4. The van der Waals surface area contributed by atoms with Gasteiger partial charge in [-0.3, -0.25) is 0 Å². The SMILES string of the molecule is Cc1cccc(-c2nc(-c3ccccc3)nc(-c3ccc(-n4c5ccccc5c5cc(-c6cccc7c6oc6ccccc67)ccc54)cc3)n2)c1. The quantitative estimate of drug-likeness (QED) is 0.185. The van der Waals surface area contributed by atoms with Crippen LogP contribution < -0.4 is 0 Å². The maximum absolute atomic E-state index is 6.41. The van der Waals surface area contributed by atoms with Crippen molar-refractivity contribution in [3.05, 3.63) is 169 Å². The molecule has 0 spiro atoms. The summed E-state index contributed by atoms with van der Waals surface area (Å²) in [6.07, 6.45) is 0. The van der Waals surface area contributed by atoms with Crippen molar-refractivity contribution in [1.29, 1.82) is 0 Å². The van der Waals surface area contributed by atoms with Gasteiger partial charge in [0.15, 0.2) is 17.5 Å². The van der Waals surface area contributed by atoms with Crippen LogP contribution in [0, 0.1) is 6.92 Å². The predicted molar refractivity (Wildman–Crippen MR) is 208 cm³/mol. The number of aromatic nitrogens is 4. The van der Waals surface area contributed by atoms with Gasteiger partial charge in [-0.2, -0.15) is 0 Å². The predicted octanol–water partition coefficient (Wildman–Crippen LogP) is 11.8. The fourth-order valence-electron chi connectivity index (χ4n) is 7.29. The summed E-state index contributed by atoms with van der Waals surface area (Å²) in [5, 5.41) is 4.65. The Balaban J connectivity index is 1.09. The van der Waals surface area contributed by atoms with E-state index in [9.17, 15) is 0 Å². The lowest BCUT2D eigenvalue weighted by atomic mass is 10.0. The molecule has 51 heavy (non-hydrogen) atoms. The van der Waals surface area contributed by atoms with E-state index < -0.39 is 0 Å². The van der Waals surface area contributed by atoms with Gasteiger partial charge in [0.05, 0.1) is 11.0 Å². The maximum atomic E-state index is 6.41. The van der Waals surface area contributed by atoms with Crippen LogP contribution in [-0.2, 0) is 0 Å². The third kappa shape index (κ3) is 4.90. The summed E-state index contributed by atoms with van der Waals surface area (Å²) in [4.78, 5) is 14.8. The first-order chi connectivity index (χ1) is 25.2. The van der Waals surface area contributed by atoms with Gasteiger partial charge < -0.3 is 8.98 Å². The van der Waals surface area contributed by atoms with E-state index >= 15 is 0 Å². The van der Waals surface area contributed by atoms with Crippen molar-refractivity contribution in [3.63, 3.8) is 0 Å². The van der Waals surface area contributed by atoms with Crippen LogP contribution in [0.1, 0.15) is 5.56 Å². The Morgan fingerprint density at radius 3 is 1.84 bits per heavy atom. The van der Waals surface area contributed by atoms with Crippen LogP contribution in [0.2, 0.25) is 0 Å². The average molecular weight is 655 g/mol. The van der Waals surface area contributed by atoms with Gasteiger partial charge in [0.2, 0.25) is 0 Å². The molecule has 0 unspecified atom stereocenters. The summed E-state index contributed by atoms with van der Waals surface area (Å²) in [5.41, 5.74) is 11.4. The van der Waals surface area contributed by atoms with E-state index in [2.05, 4.69) is 127 Å². The highest BCUT2D eigenvalue weighted by Gasteiger charge is 2.17. The van der Waals surface area contributed by atoms with Gasteiger partial charge in [0.25, 0.3) is 0 Å². The molecule has 0 amide bonds. The highest BCUT2D eigenvalue weighted by Crippen LogP contribution is 2.39. The number of hydrogen-bond acceptors (Lipinski definition) is 4. The topological polar surface area (TPSA) is 56.7 Å². The maximum Gasteiger partial charge on any atom is 0.164 e. The number of rotatable bonds is 5. The Morgan fingerprint density at radius 1 is 0.431 bits per heavy atom. The van der Waals surface area contributed by atoms with Crippen LogP contribution in [0.5, 0.6) is 0 Å². The molecule has 0 saturated heterocycles. The van der Waals surface area contributed by atoms with Crippen LogP contribution in [-0.4, -0.2) is 19.5 Å². The average Bonchev–Trinajstić information content (AvgIpc) is 3.74.